The van der Waals surface area contributed by atoms with Crippen LogP contribution in [0.1, 0.15) is 11.1 Å². The van der Waals surface area contributed by atoms with Crippen LogP contribution >= 0.6 is 11.6 Å². The maximum Gasteiger partial charge on any atom is 0.126 e. The summed E-state index contributed by atoms with van der Waals surface area (Å²) in [5, 5.41) is 18.8. The molecule has 0 aromatic heterocycles. The standard InChI is InChI=1S/C20H18ClNO3/c1-25-20-10-7-15(11-14-5-8-18(9-6-14)22(23)24)12-19(20)16-3-2-4-17(21)13-16/h2-10,12-13,23-24H,11H2,1H3. The first kappa shape index (κ1) is 17.3. The number of halogens is 1. The molecule has 0 aliphatic rings. The summed E-state index contributed by atoms with van der Waals surface area (Å²) in [6, 6.07) is 20.7. The van der Waals surface area contributed by atoms with Crippen LogP contribution in [0.2, 0.25) is 5.02 Å². The molecule has 4 nitrogen and oxygen atoms in total. The van der Waals surface area contributed by atoms with Crippen LogP contribution in [0.25, 0.3) is 11.1 Å². The highest BCUT2D eigenvalue weighted by atomic mass is 35.5. The van der Waals surface area contributed by atoms with Gasteiger partial charge in [-0.25, -0.2) is 0 Å². The van der Waals surface area contributed by atoms with Crippen LogP contribution in [0.4, 0.5) is 5.69 Å². The fourth-order valence-electron chi connectivity index (χ4n) is 2.73. The second-order valence-electron chi connectivity index (χ2n) is 5.68. The Hall–Kier alpha value is -2.53. The third kappa shape index (κ3) is 4.12. The zero-order valence-electron chi connectivity index (χ0n) is 13.7. The molecular weight excluding hydrogens is 338 g/mol. The second-order valence-corrected chi connectivity index (χ2v) is 6.11. The van der Waals surface area contributed by atoms with Crippen molar-refractivity contribution in [2.75, 3.05) is 12.3 Å². The van der Waals surface area contributed by atoms with Gasteiger partial charge in [-0.3, -0.25) is 10.4 Å². The van der Waals surface area contributed by atoms with E-state index in [1.54, 1.807) is 19.2 Å². The highest BCUT2D eigenvalue weighted by Gasteiger charge is 2.09. The van der Waals surface area contributed by atoms with Crippen molar-refractivity contribution in [3.63, 3.8) is 0 Å². The molecule has 0 aliphatic carbocycles. The zero-order chi connectivity index (χ0) is 17.8. The van der Waals surface area contributed by atoms with E-state index in [9.17, 15) is 0 Å². The molecule has 5 heteroatoms. The smallest absolute Gasteiger partial charge is 0.126 e. The summed E-state index contributed by atoms with van der Waals surface area (Å²) in [5.74, 6) is 0.789. The first-order chi connectivity index (χ1) is 12.1. The van der Waals surface area contributed by atoms with Gasteiger partial charge in [-0.1, -0.05) is 41.9 Å². The monoisotopic (exact) mass is 355 g/mol. The first-order valence-electron chi connectivity index (χ1n) is 7.76. The average molecular weight is 356 g/mol. The van der Waals surface area contributed by atoms with Crippen LogP contribution in [-0.2, 0) is 6.42 Å². The number of benzene rings is 3. The lowest BCUT2D eigenvalue weighted by atomic mass is 9.98. The fraction of sp³-hybridized carbons (Fsp3) is 0.100. The summed E-state index contributed by atoms with van der Waals surface area (Å²) in [5.41, 5.74) is 4.48. The van der Waals surface area contributed by atoms with Gasteiger partial charge >= 0.3 is 0 Å². The van der Waals surface area contributed by atoms with Gasteiger partial charge < -0.3 is 4.74 Å². The Morgan fingerprint density at radius 3 is 2.28 bits per heavy atom. The quantitative estimate of drug-likeness (QED) is 0.618. The summed E-state index contributed by atoms with van der Waals surface area (Å²) >= 11 is 6.11. The van der Waals surface area contributed by atoms with Gasteiger partial charge in [-0.05, 0) is 59.5 Å². The lowest BCUT2D eigenvalue weighted by Gasteiger charge is -2.12. The van der Waals surface area contributed by atoms with E-state index in [0.717, 1.165) is 28.0 Å². The van der Waals surface area contributed by atoms with E-state index in [1.807, 2.05) is 48.5 Å². The molecule has 0 fully saturated rings. The van der Waals surface area contributed by atoms with Crippen molar-refractivity contribution >= 4 is 17.3 Å². The van der Waals surface area contributed by atoms with Crippen molar-refractivity contribution < 1.29 is 15.2 Å². The summed E-state index contributed by atoms with van der Waals surface area (Å²) < 4.78 is 5.48. The van der Waals surface area contributed by atoms with Crippen molar-refractivity contribution in [3.8, 4) is 16.9 Å². The molecule has 0 atom stereocenters. The van der Waals surface area contributed by atoms with Gasteiger partial charge in [-0.2, -0.15) is 0 Å². The van der Waals surface area contributed by atoms with Crippen molar-refractivity contribution in [1.82, 2.24) is 0 Å². The minimum atomic E-state index is 0.106. The third-order valence-corrected chi connectivity index (χ3v) is 4.21. The zero-order valence-corrected chi connectivity index (χ0v) is 14.4. The number of anilines is 1. The lowest BCUT2D eigenvalue weighted by Crippen LogP contribution is -2.10. The first-order valence-corrected chi connectivity index (χ1v) is 8.14. The maximum absolute atomic E-state index is 9.01. The molecule has 0 aliphatic heterocycles. The fourth-order valence-corrected chi connectivity index (χ4v) is 2.92. The van der Waals surface area contributed by atoms with Gasteiger partial charge in [0.1, 0.15) is 5.75 Å². The SMILES string of the molecule is COc1ccc(Cc2ccc(N(O)O)cc2)cc1-c1cccc(Cl)c1. The highest BCUT2D eigenvalue weighted by Crippen LogP contribution is 2.33. The molecule has 128 valence electrons. The number of methoxy groups -OCH3 is 1. The van der Waals surface area contributed by atoms with Crippen LogP contribution < -0.4 is 9.96 Å². The lowest BCUT2D eigenvalue weighted by molar-refractivity contribution is 0.0291. The largest absolute Gasteiger partial charge is 0.496 e. The molecular formula is C20H18ClNO3. The molecule has 0 saturated carbocycles. The number of hydrogen-bond donors (Lipinski definition) is 2. The Kier molecular flexibility index (Phi) is 5.24. The van der Waals surface area contributed by atoms with Crippen LogP contribution in [0.5, 0.6) is 5.75 Å². The molecule has 3 aromatic rings. The van der Waals surface area contributed by atoms with Crippen molar-refractivity contribution in [1.29, 1.82) is 0 Å². The second kappa shape index (κ2) is 7.57. The summed E-state index contributed by atoms with van der Waals surface area (Å²) in [6.45, 7) is 0. The Bertz CT molecular complexity index is 863. The molecule has 0 bridgehead atoms. The maximum atomic E-state index is 9.01. The topological polar surface area (TPSA) is 52.9 Å². The van der Waals surface area contributed by atoms with E-state index in [4.69, 9.17) is 26.8 Å². The van der Waals surface area contributed by atoms with Crippen LogP contribution in [0, 0.1) is 0 Å². The van der Waals surface area contributed by atoms with E-state index >= 15 is 0 Å². The van der Waals surface area contributed by atoms with Crippen molar-refractivity contribution in [2.24, 2.45) is 0 Å². The van der Waals surface area contributed by atoms with Crippen molar-refractivity contribution in [3.05, 3.63) is 82.9 Å². The molecule has 0 heterocycles. The molecule has 0 radical (unpaired) electrons. The number of rotatable bonds is 5. The Labute approximate surface area is 151 Å². The predicted molar refractivity (Wildman–Crippen MR) is 98.7 cm³/mol. The summed E-state index contributed by atoms with van der Waals surface area (Å²) in [6.07, 6.45) is 0.717. The van der Waals surface area contributed by atoms with E-state index in [-0.39, 0.29) is 5.23 Å². The van der Waals surface area contributed by atoms with E-state index in [0.29, 0.717) is 17.1 Å². The van der Waals surface area contributed by atoms with Crippen LogP contribution in [-0.4, -0.2) is 17.5 Å². The Morgan fingerprint density at radius 2 is 1.64 bits per heavy atom. The van der Waals surface area contributed by atoms with Gasteiger partial charge in [0.05, 0.1) is 12.8 Å². The molecule has 0 spiro atoms. The Balaban J connectivity index is 1.91. The normalized spacial score (nSPS) is 10.6. The predicted octanol–water partition coefficient (Wildman–Crippen LogP) is 5.19. The number of nitrogens with zero attached hydrogens (tertiary/aromatic N) is 1. The van der Waals surface area contributed by atoms with Crippen LogP contribution in [0.3, 0.4) is 0 Å². The van der Waals surface area contributed by atoms with Gasteiger partial charge in [0.2, 0.25) is 0 Å². The molecule has 0 saturated heterocycles. The third-order valence-electron chi connectivity index (χ3n) is 3.98. The molecule has 0 unspecified atom stereocenters. The number of hydrogen-bond acceptors (Lipinski definition) is 4. The minimum Gasteiger partial charge on any atom is -0.496 e. The van der Waals surface area contributed by atoms with Crippen LogP contribution in [0.15, 0.2) is 66.7 Å². The average Bonchev–Trinajstić information content (AvgIpc) is 2.62. The van der Waals surface area contributed by atoms with E-state index in [1.165, 1.54) is 0 Å². The van der Waals surface area contributed by atoms with E-state index in [2.05, 4.69) is 6.07 Å². The van der Waals surface area contributed by atoms with Gasteiger partial charge in [0, 0.05) is 10.6 Å². The highest BCUT2D eigenvalue weighted by molar-refractivity contribution is 6.30. The molecule has 3 rings (SSSR count). The Morgan fingerprint density at radius 1 is 0.920 bits per heavy atom. The summed E-state index contributed by atoms with van der Waals surface area (Å²) in [7, 11) is 1.65. The summed E-state index contributed by atoms with van der Waals surface area (Å²) in [4.78, 5) is 0. The van der Waals surface area contributed by atoms with Gasteiger partial charge in [-0.15, -0.1) is 5.23 Å². The molecule has 0 amide bonds. The molecule has 25 heavy (non-hydrogen) atoms. The van der Waals surface area contributed by atoms with Gasteiger partial charge in [0.15, 0.2) is 0 Å². The van der Waals surface area contributed by atoms with Gasteiger partial charge in [0.25, 0.3) is 0 Å². The number of ether oxygens (including phenoxy) is 1. The molecule has 2 N–H and O–H groups in total. The molecule has 3 aromatic carbocycles. The van der Waals surface area contributed by atoms with Crippen molar-refractivity contribution in [2.45, 2.75) is 6.42 Å². The van der Waals surface area contributed by atoms with E-state index < -0.39 is 0 Å². The minimum absolute atomic E-state index is 0.106.